The van der Waals surface area contributed by atoms with Gasteiger partial charge in [-0.05, 0) is 121 Å². The third kappa shape index (κ3) is 5.19. The van der Waals surface area contributed by atoms with E-state index in [0.29, 0.717) is 0 Å². The second kappa shape index (κ2) is 12.1. The van der Waals surface area contributed by atoms with Gasteiger partial charge >= 0.3 is 0 Å². The average molecular weight is 640 g/mol. The van der Waals surface area contributed by atoms with Crippen LogP contribution in [-0.2, 0) is 5.41 Å². The van der Waals surface area contributed by atoms with Gasteiger partial charge in [-0.1, -0.05) is 147 Å². The van der Waals surface area contributed by atoms with Crippen molar-refractivity contribution >= 4 is 27.8 Å². The largest absolute Gasteiger partial charge is 0.310 e. The van der Waals surface area contributed by atoms with Gasteiger partial charge in [-0.2, -0.15) is 0 Å². The minimum absolute atomic E-state index is 0.137. The molecule has 0 unspecified atom stereocenters. The van der Waals surface area contributed by atoms with E-state index in [-0.39, 0.29) is 5.41 Å². The Balaban J connectivity index is 1.20. The Labute approximate surface area is 294 Å². The molecule has 8 aromatic carbocycles. The molecule has 238 valence electrons. The molecule has 0 saturated heterocycles. The van der Waals surface area contributed by atoms with Crippen LogP contribution < -0.4 is 4.90 Å². The highest BCUT2D eigenvalue weighted by Crippen LogP contribution is 2.52. The molecule has 0 atom stereocenters. The predicted octanol–water partition coefficient (Wildman–Crippen LogP) is 13.6. The van der Waals surface area contributed by atoms with Crippen molar-refractivity contribution < 1.29 is 0 Å². The Morgan fingerprint density at radius 3 is 1.38 bits per heavy atom. The van der Waals surface area contributed by atoms with Crippen molar-refractivity contribution in [2.24, 2.45) is 0 Å². The van der Waals surface area contributed by atoms with E-state index in [1.54, 1.807) is 0 Å². The van der Waals surface area contributed by atoms with Gasteiger partial charge in [-0.15, -0.1) is 0 Å². The number of hydrogen-bond donors (Lipinski definition) is 0. The molecule has 0 aliphatic heterocycles. The van der Waals surface area contributed by atoms with Gasteiger partial charge in [-0.3, -0.25) is 0 Å². The molecule has 1 aliphatic carbocycles. The van der Waals surface area contributed by atoms with Crippen molar-refractivity contribution in [3.05, 3.63) is 199 Å². The van der Waals surface area contributed by atoms with Gasteiger partial charge in [0.1, 0.15) is 0 Å². The van der Waals surface area contributed by atoms with E-state index in [1.807, 2.05) is 0 Å². The molecule has 0 bridgehead atoms. The Bertz CT molecular complexity index is 2510. The second-order valence-electron chi connectivity index (χ2n) is 13.8. The normalized spacial score (nSPS) is 12.8. The van der Waals surface area contributed by atoms with Crippen molar-refractivity contribution in [2.45, 2.75) is 19.3 Å². The molecule has 0 N–H and O–H groups in total. The first-order chi connectivity index (χ1) is 24.5. The number of fused-ring (bicyclic) bond motifs is 4. The fourth-order valence-corrected chi connectivity index (χ4v) is 7.78. The van der Waals surface area contributed by atoms with Crippen molar-refractivity contribution in [2.75, 3.05) is 4.90 Å². The lowest BCUT2D eigenvalue weighted by molar-refractivity contribution is 0.661. The second-order valence-corrected chi connectivity index (χ2v) is 13.8. The predicted molar refractivity (Wildman–Crippen MR) is 213 cm³/mol. The Hall–Kier alpha value is -6.18. The lowest BCUT2D eigenvalue weighted by atomic mass is 9.81. The molecule has 0 amide bonds. The fraction of sp³-hybridized carbons (Fsp3) is 0.0612. The minimum Gasteiger partial charge on any atom is -0.310 e. The zero-order valence-electron chi connectivity index (χ0n) is 28.3. The Kier molecular flexibility index (Phi) is 7.21. The van der Waals surface area contributed by atoms with Crippen molar-refractivity contribution in [3.63, 3.8) is 0 Å². The molecule has 1 heteroatoms. The average Bonchev–Trinajstić information content (AvgIpc) is 3.39. The molecular weight excluding hydrogens is 603 g/mol. The zero-order chi connectivity index (χ0) is 33.7. The fourth-order valence-electron chi connectivity index (χ4n) is 7.78. The maximum Gasteiger partial charge on any atom is 0.0467 e. The van der Waals surface area contributed by atoms with Gasteiger partial charge in [0.2, 0.25) is 0 Å². The van der Waals surface area contributed by atoms with E-state index in [1.165, 1.54) is 66.4 Å². The highest BCUT2D eigenvalue weighted by Gasteiger charge is 2.36. The summed E-state index contributed by atoms with van der Waals surface area (Å²) in [6, 6.07) is 68.6. The maximum absolute atomic E-state index is 2.43. The maximum atomic E-state index is 2.43. The molecule has 9 rings (SSSR count). The summed E-state index contributed by atoms with van der Waals surface area (Å²) in [6.45, 7) is 4.74. The van der Waals surface area contributed by atoms with Gasteiger partial charge in [0.25, 0.3) is 0 Å². The van der Waals surface area contributed by atoms with Crippen LogP contribution in [0.5, 0.6) is 0 Å². The first-order valence-corrected chi connectivity index (χ1v) is 17.4. The topological polar surface area (TPSA) is 3.24 Å². The molecule has 0 fully saturated rings. The van der Waals surface area contributed by atoms with Gasteiger partial charge in [0.05, 0.1) is 0 Å². The first-order valence-electron chi connectivity index (χ1n) is 17.4. The van der Waals surface area contributed by atoms with E-state index >= 15 is 0 Å². The molecule has 0 aromatic heterocycles. The SMILES string of the molecule is CC1(C)c2cc(N(c3cccc(-c4ccccc4)c3)c3cccc(-c4cccc(-c5ccccc5)c4)c3)ccc2-c2cc3ccccc3cc21. The van der Waals surface area contributed by atoms with Crippen LogP contribution in [0.2, 0.25) is 0 Å². The first kappa shape index (κ1) is 29.9. The monoisotopic (exact) mass is 639 g/mol. The van der Waals surface area contributed by atoms with Crippen molar-refractivity contribution in [1.29, 1.82) is 0 Å². The summed E-state index contributed by atoms with van der Waals surface area (Å²) in [4.78, 5) is 2.42. The van der Waals surface area contributed by atoms with Gasteiger partial charge in [-0.25, -0.2) is 0 Å². The molecule has 0 spiro atoms. The molecule has 0 radical (unpaired) electrons. The van der Waals surface area contributed by atoms with Crippen LogP contribution in [-0.4, -0.2) is 0 Å². The summed E-state index contributed by atoms with van der Waals surface area (Å²) < 4.78 is 0. The van der Waals surface area contributed by atoms with Gasteiger partial charge in [0, 0.05) is 22.5 Å². The smallest absolute Gasteiger partial charge is 0.0467 e. The molecule has 1 nitrogen and oxygen atoms in total. The van der Waals surface area contributed by atoms with Crippen LogP contribution in [0.25, 0.3) is 55.3 Å². The Morgan fingerprint density at radius 1 is 0.320 bits per heavy atom. The molecule has 0 saturated carbocycles. The third-order valence-corrected chi connectivity index (χ3v) is 10.4. The summed E-state index contributed by atoms with van der Waals surface area (Å²) in [5.74, 6) is 0. The summed E-state index contributed by atoms with van der Waals surface area (Å²) in [6.07, 6.45) is 0. The quantitative estimate of drug-likeness (QED) is 0.175. The lowest BCUT2D eigenvalue weighted by Crippen LogP contribution is -2.16. The number of anilines is 3. The number of benzene rings is 8. The van der Waals surface area contributed by atoms with Crippen LogP contribution in [0.3, 0.4) is 0 Å². The highest BCUT2D eigenvalue weighted by atomic mass is 15.1. The number of nitrogens with zero attached hydrogens (tertiary/aromatic N) is 1. The summed E-state index contributed by atoms with van der Waals surface area (Å²) in [5.41, 5.74) is 15.9. The van der Waals surface area contributed by atoms with Crippen LogP contribution in [0, 0.1) is 0 Å². The molecule has 1 aliphatic rings. The molecule has 8 aromatic rings. The summed E-state index contributed by atoms with van der Waals surface area (Å²) >= 11 is 0. The zero-order valence-corrected chi connectivity index (χ0v) is 28.3. The Morgan fingerprint density at radius 2 is 0.760 bits per heavy atom. The van der Waals surface area contributed by atoms with E-state index in [9.17, 15) is 0 Å². The van der Waals surface area contributed by atoms with Gasteiger partial charge in [0.15, 0.2) is 0 Å². The standard InChI is InChI=1S/C49H37N/c1-49(2)47-32-41-19-10-9-18-40(41)31-46(47)45-27-26-44(33-48(45)49)50(42-24-12-22-38(29-42)35-16-7-4-8-17-35)43-25-13-23-39(30-43)37-21-11-20-36(28-37)34-14-5-3-6-15-34/h3-33H,1-2H3. The van der Waals surface area contributed by atoms with E-state index in [2.05, 4.69) is 207 Å². The van der Waals surface area contributed by atoms with Crippen molar-refractivity contribution in [1.82, 2.24) is 0 Å². The highest BCUT2D eigenvalue weighted by molar-refractivity contribution is 5.95. The van der Waals surface area contributed by atoms with Crippen LogP contribution >= 0.6 is 0 Å². The van der Waals surface area contributed by atoms with Crippen LogP contribution in [0.15, 0.2) is 188 Å². The minimum atomic E-state index is -0.137. The molecule has 0 heterocycles. The van der Waals surface area contributed by atoms with E-state index in [4.69, 9.17) is 0 Å². The van der Waals surface area contributed by atoms with E-state index in [0.717, 1.165) is 17.1 Å². The van der Waals surface area contributed by atoms with E-state index < -0.39 is 0 Å². The number of hydrogen-bond acceptors (Lipinski definition) is 1. The van der Waals surface area contributed by atoms with Crippen molar-refractivity contribution in [3.8, 4) is 44.5 Å². The number of rotatable bonds is 6. The molecule has 50 heavy (non-hydrogen) atoms. The third-order valence-electron chi connectivity index (χ3n) is 10.4. The van der Waals surface area contributed by atoms with Gasteiger partial charge < -0.3 is 4.90 Å². The van der Waals surface area contributed by atoms with Crippen LogP contribution in [0.1, 0.15) is 25.0 Å². The molecular formula is C49H37N. The summed E-state index contributed by atoms with van der Waals surface area (Å²) in [7, 11) is 0. The van der Waals surface area contributed by atoms with Crippen LogP contribution in [0.4, 0.5) is 17.1 Å². The lowest BCUT2D eigenvalue weighted by Gasteiger charge is -2.29. The summed E-state index contributed by atoms with van der Waals surface area (Å²) in [5, 5.41) is 2.58.